The number of nitrogens with zero attached hydrogens (tertiary/aromatic N) is 2. The van der Waals surface area contributed by atoms with Crippen LogP contribution in [0.4, 0.5) is 0 Å². The lowest BCUT2D eigenvalue weighted by Gasteiger charge is -2.33. The van der Waals surface area contributed by atoms with Gasteiger partial charge in [-0.1, -0.05) is 36.4 Å². The summed E-state index contributed by atoms with van der Waals surface area (Å²) >= 11 is 7.70. The standard InChI is InChI=1S/C24H31ClN2O3S/c1-24(2,18-25)23(29)27(15-20-10-6-12-30-20)17-22(28)26(16-21-11-7-13-31-21)14-19-8-4-3-5-9-19/h3-5,7-9,11,13,20H,6,10,12,14-18H2,1-2H3. The summed E-state index contributed by atoms with van der Waals surface area (Å²) in [7, 11) is 0. The van der Waals surface area contributed by atoms with E-state index in [1.54, 1.807) is 16.2 Å². The van der Waals surface area contributed by atoms with Crippen molar-refractivity contribution in [2.75, 3.05) is 25.6 Å². The topological polar surface area (TPSA) is 49.9 Å². The van der Waals surface area contributed by atoms with Crippen molar-refractivity contribution in [3.63, 3.8) is 0 Å². The fourth-order valence-corrected chi connectivity index (χ4v) is 4.46. The summed E-state index contributed by atoms with van der Waals surface area (Å²) in [6, 6.07) is 14.0. The van der Waals surface area contributed by atoms with Gasteiger partial charge in [0.05, 0.1) is 24.6 Å². The van der Waals surface area contributed by atoms with Crippen molar-refractivity contribution >= 4 is 34.8 Å². The molecule has 1 aromatic carbocycles. The molecule has 0 saturated carbocycles. The molecule has 0 radical (unpaired) electrons. The molecular weight excluding hydrogens is 432 g/mol. The van der Waals surface area contributed by atoms with Gasteiger partial charge in [0.15, 0.2) is 0 Å². The van der Waals surface area contributed by atoms with E-state index in [0.717, 1.165) is 23.3 Å². The summed E-state index contributed by atoms with van der Waals surface area (Å²) in [4.78, 5) is 31.3. The van der Waals surface area contributed by atoms with E-state index < -0.39 is 5.41 Å². The second-order valence-corrected chi connectivity index (χ2v) is 9.95. The van der Waals surface area contributed by atoms with E-state index in [9.17, 15) is 9.59 Å². The zero-order valence-electron chi connectivity index (χ0n) is 18.3. The molecule has 2 amide bonds. The maximum atomic E-state index is 13.4. The number of hydrogen-bond acceptors (Lipinski definition) is 4. The van der Waals surface area contributed by atoms with Crippen molar-refractivity contribution < 1.29 is 14.3 Å². The SMILES string of the molecule is CC(C)(CCl)C(=O)N(CC(=O)N(Cc1ccccc1)Cc1cccs1)CC1CCCO1. The zero-order chi connectivity index (χ0) is 22.3. The van der Waals surface area contributed by atoms with Crippen LogP contribution in [0.3, 0.4) is 0 Å². The summed E-state index contributed by atoms with van der Waals surface area (Å²) in [5.41, 5.74) is 0.323. The number of carbonyl (C=O) groups is 2. The molecule has 7 heteroatoms. The van der Waals surface area contributed by atoms with Crippen molar-refractivity contribution in [2.24, 2.45) is 5.41 Å². The first-order valence-corrected chi connectivity index (χ1v) is 12.1. The molecule has 5 nitrogen and oxygen atoms in total. The Balaban J connectivity index is 1.77. The average molecular weight is 463 g/mol. The smallest absolute Gasteiger partial charge is 0.242 e. The number of ether oxygens (including phenoxy) is 1. The van der Waals surface area contributed by atoms with Crippen molar-refractivity contribution in [3.8, 4) is 0 Å². The first-order chi connectivity index (χ1) is 14.9. The normalized spacial score (nSPS) is 16.3. The second kappa shape index (κ2) is 11.1. The van der Waals surface area contributed by atoms with E-state index in [-0.39, 0.29) is 30.3 Å². The van der Waals surface area contributed by atoms with Crippen LogP contribution in [0, 0.1) is 5.41 Å². The maximum absolute atomic E-state index is 13.4. The lowest BCUT2D eigenvalue weighted by Crippen LogP contribution is -2.49. The van der Waals surface area contributed by atoms with Crippen LogP contribution in [0.1, 0.15) is 37.1 Å². The number of thiophene rings is 1. The van der Waals surface area contributed by atoms with Crippen LogP contribution in [0.15, 0.2) is 47.8 Å². The number of amides is 2. The van der Waals surface area contributed by atoms with Crippen LogP contribution in [0.5, 0.6) is 0 Å². The molecule has 0 spiro atoms. The molecule has 1 aliphatic rings. The fourth-order valence-electron chi connectivity index (χ4n) is 3.63. The molecule has 0 aliphatic carbocycles. The van der Waals surface area contributed by atoms with E-state index in [4.69, 9.17) is 16.3 Å². The van der Waals surface area contributed by atoms with Gasteiger partial charge in [-0.15, -0.1) is 22.9 Å². The molecule has 1 atom stereocenters. The largest absolute Gasteiger partial charge is 0.376 e. The van der Waals surface area contributed by atoms with Crippen molar-refractivity contribution in [1.82, 2.24) is 9.80 Å². The van der Waals surface area contributed by atoms with Crippen molar-refractivity contribution in [1.29, 1.82) is 0 Å². The van der Waals surface area contributed by atoms with Crippen LogP contribution in [-0.2, 0) is 27.4 Å². The van der Waals surface area contributed by atoms with Crippen LogP contribution in [0.2, 0.25) is 0 Å². The van der Waals surface area contributed by atoms with Gasteiger partial charge in [0.25, 0.3) is 0 Å². The predicted molar refractivity (Wildman–Crippen MR) is 125 cm³/mol. The van der Waals surface area contributed by atoms with E-state index in [2.05, 4.69) is 0 Å². The third-order valence-electron chi connectivity index (χ3n) is 5.47. The van der Waals surface area contributed by atoms with Gasteiger partial charge >= 0.3 is 0 Å². The first kappa shape index (κ1) is 23.8. The quantitative estimate of drug-likeness (QED) is 0.487. The Morgan fingerprint density at radius 2 is 1.90 bits per heavy atom. The summed E-state index contributed by atoms with van der Waals surface area (Å²) in [6.07, 6.45) is 1.86. The molecule has 1 aromatic heterocycles. The molecule has 1 aliphatic heterocycles. The lowest BCUT2D eigenvalue weighted by atomic mass is 9.94. The molecule has 2 heterocycles. The van der Waals surface area contributed by atoms with E-state index in [1.165, 1.54) is 0 Å². The Kier molecular flexibility index (Phi) is 8.52. The van der Waals surface area contributed by atoms with E-state index >= 15 is 0 Å². The van der Waals surface area contributed by atoms with Crippen LogP contribution < -0.4 is 0 Å². The van der Waals surface area contributed by atoms with E-state index in [0.29, 0.717) is 26.2 Å². The highest BCUT2D eigenvalue weighted by Crippen LogP contribution is 2.23. The van der Waals surface area contributed by atoms with Gasteiger partial charge in [0, 0.05) is 30.5 Å². The number of rotatable bonds is 10. The van der Waals surface area contributed by atoms with Crippen molar-refractivity contribution in [3.05, 3.63) is 58.3 Å². The van der Waals surface area contributed by atoms with Gasteiger partial charge in [-0.3, -0.25) is 9.59 Å². The molecule has 2 aromatic rings. The molecule has 31 heavy (non-hydrogen) atoms. The fraction of sp³-hybridized carbons (Fsp3) is 0.500. The minimum Gasteiger partial charge on any atom is -0.376 e. The zero-order valence-corrected chi connectivity index (χ0v) is 19.8. The molecule has 3 rings (SSSR count). The third kappa shape index (κ3) is 6.79. The first-order valence-electron chi connectivity index (χ1n) is 10.7. The Bertz CT molecular complexity index is 836. The van der Waals surface area contributed by atoms with Crippen molar-refractivity contribution in [2.45, 2.75) is 45.9 Å². The number of carbonyl (C=O) groups excluding carboxylic acids is 2. The van der Waals surface area contributed by atoms with Gasteiger partial charge in [-0.05, 0) is 43.7 Å². The minimum atomic E-state index is -0.738. The molecule has 0 N–H and O–H groups in total. The summed E-state index contributed by atoms with van der Waals surface area (Å²) in [5.74, 6) is 0.0152. The van der Waals surface area contributed by atoms with Gasteiger partial charge in [-0.25, -0.2) is 0 Å². The second-order valence-electron chi connectivity index (χ2n) is 8.65. The monoisotopic (exact) mass is 462 g/mol. The Hall–Kier alpha value is -1.89. The van der Waals surface area contributed by atoms with Crippen LogP contribution in [-0.4, -0.2) is 53.3 Å². The lowest BCUT2D eigenvalue weighted by molar-refractivity contribution is -0.147. The Morgan fingerprint density at radius 1 is 1.13 bits per heavy atom. The highest BCUT2D eigenvalue weighted by molar-refractivity contribution is 7.09. The maximum Gasteiger partial charge on any atom is 0.242 e. The van der Waals surface area contributed by atoms with Crippen LogP contribution >= 0.6 is 22.9 Å². The van der Waals surface area contributed by atoms with Gasteiger partial charge in [0.1, 0.15) is 0 Å². The predicted octanol–water partition coefficient (Wildman–Crippen LogP) is 4.55. The molecule has 1 fully saturated rings. The molecule has 1 saturated heterocycles. The van der Waals surface area contributed by atoms with E-state index in [1.807, 2.05) is 66.6 Å². The molecule has 168 valence electrons. The van der Waals surface area contributed by atoms with Gasteiger partial charge in [-0.2, -0.15) is 0 Å². The molecule has 1 unspecified atom stereocenters. The number of alkyl halides is 1. The number of benzene rings is 1. The summed E-state index contributed by atoms with van der Waals surface area (Å²) in [5, 5.41) is 2.01. The summed E-state index contributed by atoms with van der Waals surface area (Å²) < 4.78 is 5.75. The highest BCUT2D eigenvalue weighted by atomic mass is 35.5. The van der Waals surface area contributed by atoms with Gasteiger partial charge in [0.2, 0.25) is 11.8 Å². The number of hydrogen-bond donors (Lipinski definition) is 0. The Labute approximate surface area is 193 Å². The summed E-state index contributed by atoms with van der Waals surface area (Å²) in [6.45, 7) is 5.81. The molecular formula is C24H31ClN2O3S. The highest BCUT2D eigenvalue weighted by Gasteiger charge is 2.35. The Morgan fingerprint density at radius 3 is 2.52 bits per heavy atom. The number of halogens is 1. The van der Waals surface area contributed by atoms with Crippen LogP contribution in [0.25, 0.3) is 0 Å². The van der Waals surface area contributed by atoms with Gasteiger partial charge < -0.3 is 14.5 Å². The third-order valence-corrected chi connectivity index (χ3v) is 7.00. The minimum absolute atomic E-state index is 0.0250. The molecule has 0 bridgehead atoms. The average Bonchev–Trinajstić information content (AvgIpc) is 3.47.